The molecule has 2 heterocycles. The first-order valence-corrected chi connectivity index (χ1v) is 6.53. The van der Waals surface area contributed by atoms with Gasteiger partial charge < -0.3 is 15.5 Å². The molecule has 2 aromatic rings. The van der Waals surface area contributed by atoms with E-state index < -0.39 is 0 Å². The van der Waals surface area contributed by atoms with Crippen molar-refractivity contribution in [1.29, 1.82) is 0 Å². The largest absolute Gasteiger partial charge is 0.354 e. The summed E-state index contributed by atoms with van der Waals surface area (Å²) in [4.78, 5) is 16.5. The van der Waals surface area contributed by atoms with Gasteiger partial charge in [0.15, 0.2) is 0 Å². The van der Waals surface area contributed by atoms with Crippen molar-refractivity contribution in [2.45, 2.75) is 26.3 Å². The van der Waals surface area contributed by atoms with Gasteiger partial charge >= 0.3 is 0 Å². The lowest BCUT2D eigenvalue weighted by molar-refractivity contribution is -0.125. The lowest BCUT2D eigenvalue weighted by atomic mass is 10.0. The normalized spacial score (nSPS) is 12.8. The molecule has 2 rings (SSSR count). The predicted molar refractivity (Wildman–Crippen MR) is 74.7 cm³/mol. The number of fused-ring (bicyclic) bond motifs is 1. The SMILES string of the molecule is CC(C)NC(=O)C(CN)Cc1cn2ccccc2n1. The molecule has 0 fully saturated rings. The number of nitrogens with zero attached hydrogens (tertiary/aromatic N) is 2. The summed E-state index contributed by atoms with van der Waals surface area (Å²) in [5.74, 6) is -0.234. The number of imidazole rings is 1. The highest BCUT2D eigenvalue weighted by Gasteiger charge is 2.19. The Morgan fingerprint density at radius 1 is 1.47 bits per heavy atom. The highest BCUT2D eigenvalue weighted by molar-refractivity contribution is 5.79. The molecule has 1 unspecified atom stereocenters. The van der Waals surface area contributed by atoms with Crippen LogP contribution in [0.25, 0.3) is 5.65 Å². The van der Waals surface area contributed by atoms with Crippen molar-refractivity contribution in [1.82, 2.24) is 14.7 Å². The van der Waals surface area contributed by atoms with Crippen LogP contribution in [0.3, 0.4) is 0 Å². The quantitative estimate of drug-likeness (QED) is 0.841. The molecule has 0 aliphatic carbocycles. The van der Waals surface area contributed by atoms with Crippen LogP contribution in [0.15, 0.2) is 30.6 Å². The van der Waals surface area contributed by atoms with Gasteiger partial charge in [-0.1, -0.05) is 6.07 Å². The van der Waals surface area contributed by atoms with E-state index in [9.17, 15) is 4.79 Å². The third-order valence-corrected chi connectivity index (χ3v) is 2.96. The fourth-order valence-electron chi connectivity index (χ4n) is 2.02. The number of pyridine rings is 1. The van der Waals surface area contributed by atoms with Crippen LogP contribution >= 0.6 is 0 Å². The number of rotatable bonds is 5. The maximum Gasteiger partial charge on any atom is 0.224 e. The standard InChI is InChI=1S/C14H20N4O/c1-10(2)16-14(19)11(8-15)7-12-9-18-6-4-3-5-13(18)17-12/h3-6,9-11H,7-8,15H2,1-2H3,(H,16,19). The Kier molecular flexibility index (Phi) is 4.16. The van der Waals surface area contributed by atoms with E-state index in [1.165, 1.54) is 0 Å². The number of hydrogen-bond acceptors (Lipinski definition) is 3. The van der Waals surface area contributed by atoms with Crippen LogP contribution < -0.4 is 11.1 Å². The molecule has 0 aliphatic rings. The maximum absolute atomic E-state index is 12.0. The Balaban J connectivity index is 2.11. The zero-order valence-electron chi connectivity index (χ0n) is 11.3. The Bertz CT molecular complexity index is 528. The van der Waals surface area contributed by atoms with Crippen LogP contribution in [-0.4, -0.2) is 27.9 Å². The Morgan fingerprint density at radius 2 is 2.26 bits per heavy atom. The fourth-order valence-corrected chi connectivity index (χ4v) is 2.02. The molecule has 0 aliphatic heterocycles. The number of amides is 1. The monoisotopic (exact) mass is 260 g/mol. The number of nitrogens with two attached hydrogens (primary N) is 1. The van der Waals surface area contributed by atoms with Crippen molar-refractivity contribution in [3.05, 3.63) is 36.3 Å². The molecule has 0 saturated heterocycles. The van der Waals surface area contributed by atoms with E-state index in [1.807, 2.05) is 48.8 Å². The number of nitrogens with one attached hydrogen (secondary N) is 1. The van der Waals surface area contributed by atoms with E-state index >= 15 is 0 Å². The molecule has 5 heteroatoms. The van der Waals surface area contributed by atoms with Crippen LogP contribution in [0.5, 0.6) is 0 Å². The van der Waals surface area contributed by atoms with Crippen molar-refractivity contribution in [3.8, 4) is 0 Å². The van der Waals surface area contributed by atoms with E-state index in [1.54, 1.807) is 0 Å². The van der Waals surface area contributed by atoms with Crippen molar-refractivity contribution in [2.75, 3.05) is 6.54 Å². The van der Waals surface area contributed by atoms with Crippen LogP contribution in [0.4, 0.5) is 0 Å². The fraction of sp³-hybridized carbons (Fsp3) is 0.429. The van der Waals surface area contributed by atoms with Gasteiger partial charge in [0.25, 0.3) is 0 Å². The molecule has 5 nitrogen and oxygen atoms in total. The average molecular weight is 260 g/mol. The molecule has 2 aromatic heterocycles. The maximum atomic E-state index is 12.0. The van der Waals surface area contributed by atoms with Crippen molar-refractivity contribution in [3.63, 3.8) is 0 Å². The van der Waals surface area contributed by atoms with E-state index in [0.717, 1.165) is 11.3 Å². The number of hydrogen-bond donors (Lipinski definition) is 2. The Hall–Kier alpha value is -1.88. The lowest BCUT2D eigenvalue weighted by Crippen LogP contribution is -2.39. The molecule has 1 atom stereocenters. The Morgan fingerprint density at radius 3 is 2.89 bits per heavy atom. The summed E-state index contributed by atoms with van der Waals surface area (Å²) >= 11 is 0. The van der Waals surface area contributed by atoms with Crippen LogP contribution in [0.2, 0.25) is 0 Å². The second-order valence-corrected chi connectivity index (χ2v) is 5.00. The van der Waals surface area contributed by atoms with Gasteiger partial charge in [0.1, 0.15) is 5.65 Å². The summed E-state index contributed by atoms with van der Waals surface area (Å²) in [5, 5.41) is 2.89. The van der Waals surface area contributed by atoms with Crippen molar-refractivity contribution in [2.24, 2.45) is 11.7 Å². The highest BCUT2D eigenvalue weighted by Crippen LogP contribution is 2.10. The summed E-state index contributed by atoms with van der Waals surface area (Å²) in [6.45, 7) is 4.21. The zero-order chi connectivity index (χ0) is 13.8. The van der Waals surface area contributed by atoms with Gasteiger partial charge in [0, 0.05) is 31.4 Å². The van der Waals surface area contributed by atoms with E-state index in [4.69, 9.17) is 5.73 Å². The molecule has 1 amide bonds. The smallest absolute Gasteiger partial charge is 0.224 e. The van der Waals surface area contributed by atoms with E-state index in [-0.39, 0.29) is 17.9 Å². The first kappa shape index (κ1) is 13.5. The summed E-state index contributed by atoms with van der Waals surface area (Å²) in [6, 6.07) is 5.96. The molecular weight excluding hydrogens is 240 g/mol. The molecular formula is C14H20N4O. The van der Waals surface area contributed by atoms with Gasteiger partial charge in [-0.15, -0.1) is 0 Å². The van der Waals surface area contributed by atoms with Gasteiger partial charge in [-0.2, -0.15) is 0 Å². The number of aromatic nitrogens is 2. The van der Waals surface area contributed by atoms with Crippen molar-refractivity contribution < 1.29 is 4.79 Å². The first-order valence-electron chi connectivity index (χ1n) is 6.53. The topological polar surface area (TPSA) is 72.4 Å². The third kappa shape index (κ3) is 3.32. The van der Waals surface area contributed by atoms with Gasteiger partial charge in [-0.05, 0) is 26.0 Å². The summed E-state index contributed by atoms with van der Waals surface area (Å²) < 4.78 is 1.95. The van der Waals surface area contributed by atoms with Crippen LogP contribution in [-0.2, 0) is 11.2 Å². The average Bonchev–Trinajstić information content (AvgIpc) is 2.77. The summed E-state index contributed by atoms with van der Waals surface area (Å²) in [5.41, 5.74) is 7.47. The van der Waals surface area contributed by atoms with Crippen LogP contribution in [0, 0.1) is 5.92 Å². The molecule has 0 saturated carbocycles. The molecule has 3 N–H and O–H groups in total. The predicted octanol–water partition coefficient (Wildman–Crippen LogP) is 0.976. The highest BCUT2D eigenvalue weighted by atomic mass is 16.1. The molecule has 0 spiro atoms. The molecule has 19 heavy (non-hydrogen) atoms. The van der Waals surface area contributed by atoms with E-state index in [2.05, 4.69) is 10.3 Å². The molecule has 0 radical (unpaired) electrons. The molecule has 0 bridgehead atoms. The number of carbonyl (C=O) groups is 1. The Labute approximate surface area is 112 Å². The minimum atomic E-state index is -0.229. The van der Waals surface area contributed by atoms with Crippen molar-refractivity contribution >= 4 is 11.6 Å². The number of carbonyl (C=O) groups excluding carboxylic acids is 1. The van der Waals surface area contributed by atoms with Gasteiger partial charge in [-0.3, -0.25) is 4.79 Å². The van der Waals surface area contributed by atoms with Gasteiger partial charge in [-0.25, -0.2) is 4.98 Å². The first-order chi connectivity index (χ1) is 9.10. The summed E-state index contributed by atoms with van der Waals surface area (Å²) in [7, 11) is 0. The molecule has 102 valence electrons. The second kappa shape index (κ2) is 5.84. The van der Waals surface area contributed by atoms with Gasteiger partial charge in [0.05, 0.1) is 11.6 Å². The zero-order valence-corrected chi connectivity index (χ0v) is 11.3. The second-order valence-electron chi connectivity index (χ2n) is 5.00. The minimum absolute atomic E-state index is 0.00504. The van der Waals surface area contributed by atoms with E-state index in [0.29, 0.717) is 13.0 Å². The molecule has 0 aromatic carbocycles. The van der Waals surface area contributed by atoms with Crippen LogP contribution in [0.1, 0.15) is 19.5 Å². The van der Waals surface area contributed by atoms with Gasteiger partial charge in [0.2, 0.25) is 5.91 Å². The lowest BCUT2D eigenvalue weighted by Gasteiger charge is -2.15. The third-order valence-electron chi connectivity index (χ3n) is 2.96. The minimum Gasteiger partial charge on any atom is -0.354 e. The summed E-state index contributed by atoms with van der Waals surface area (Å²) in [6.07, 6.45) is 4.45.